The van der Waals surface area contributed by atoms with Crippen molar-refractivity contribution in [2.45, 2.75) is 26.2 Å². The van der Waals surface area contributed by atoms with Crippen molar-refractivity contribution in [2.24, 2.45) is 5.92 Å². The van der Waals surface area contributed by atoms with Crippen molar-refractivity contribution < 1.29 is 8.60 Å². The summed E-state index contributed by atoms with van der Waals surface area (Å²) in [5.74, 6) is 2.09. The number of imidazole rings is 1. The molecular weight excluding hydrogens is 497 g/mol. The number of nitrogens with one attached hydrogen (secondary N) is 1. The summed E-state index contributed by atoms with van der Waals surface area (Å²) in [6, 6.07) is 10.5. The van der Waals surface area contributed by atoms with Gasteiger partial charge in [-0.25, -0.2) is 23.3 Å². The molecule has 1 aromatic carbocycles. The zero-order chi connectivity index (χ0) is 25.2. The third-order valence-electron chi connectivity index (χ3n) is 6.59. The lowest BCUT2D eigenvalue weighted by atomic mass is 9.97. The number of hydrogen-bond acceptors (Lipinski definition) is 7. The molecule has 190 valence electrons. The van der Waals surface area contributed by atoms with Gasteiger partial charge >= 0.3 is 0 Å². The number of anilines is 3. The third kappa shape index (κ3) is 5.14. The van der Waals surface area contributed by atoms with Crippen LogP contribution in [0.1, 0.15) is 25.5 Å². The van der Waals surface area contributed by atoms with Crippen LogP contribution in [-0.4, -0.2) is 56.7 Å². The summed E-state index contributed by atoms with van der Waals surface area (Å²) in [4.78, 5) is 14.0. The fourth-order valence-corrected chi connectivity index (χ4v) is 5.83. The number of rotatable bonds is 8. The molecule has 0 spiro atoms. The number of fused-ring (bicyclic) bond motifs is 1. The van der Waals surface area contributed by atoms with E-state index in [9.17, 15) is 8.60 Å². The van der Waals surface area contributed by atoms with Crippen molar-refractivity contribution in [1.29, 1.82) is 0 Å². The highest BCUT2D eigenvalue weighted by molar-refractivity contribution is 7.82. The van der Waals surface area contributed by atoms with E-state index in [1.165, 1.54) is 23.5 Å². The van der Waals surface area contributed by atoms with Crippen LogP contribution in [0.5, 0.6) is 0 Å². The van der Waals surface area contributed by atoms with E-state index in [0.717, 1.165) is 78.3 Å². The Morgan fingerprint density at radius 3 is 2.61 bits per heavy atom. The highest BCUT2D eigenvalue weighted by Crippen LogP contribution is 2.34. The van der Waals surface area contributed by atoms with Crippen LogP contribution >= 0.6 is 11.3 Å². The second-order valence-electron chi connectivity index (χ2n) is 9.01. The quantitative estimate of drug-likeness (QED) is 0.366. The number of piperidine rings is 1. The summed E-state index contributed by atoms with van der Waals surface area (Å²) in [7, 11) is 1.02. The highest BCUT2D eigenvalue weighted by atomic mass is 32.2. The zero-order valence-electron chi connectivity index (χ0n) is 20.6. The second kappa shape index (κ2) is 10.6. The Hall–Kier alpha value is -2.89. The number of thiazole rings is 1. The molecule has 1 unspecified atom stereocenters. The molecule has 0 aliphatic carbocycles. The first-order chi connectivity index (χ1) is 17.4. The van der Waals surface area contributed by atoms with Crippen molar-refractivity contribution in [1.82, 2.24) is 24.3 Å². The minimum atomic E-state index is -0.970. The van der Waals surface area contributed by atoms with Crippen molar-refractivity contribution in [3.63, 3.8) is 0 Å². The lowest BCUT2D eigenvalue weighted by Crippen LogP contribution is -2.38. The molecule has 1 aliphatic heterocycles. The number of halogens is 1. The number of aromatic nitrogens is 4. The number of hydrogen-bond donors (Lipinski definition) is 1. The standard InChI is InChI=1S/C25H30FN7OS2/c1-4-20-24(31(2)25-29-21(16-35-25)18-5-7-19(26)8-6-18)33-22(28-20)9-10-23(30-33)32-13-11-17(12-14-32)15-27-36(3)34/h5-10,16-17,27H,4,11-15H2,1-3H3. The van der Waals surface area contributed by atoms with Gasteiger partial charge in [0.2, 0.25) is 0 Å². The molecule has 1 saturated heterocycles. The summed E-state index contributed by atoms with van der Waals surface area (Å²) >= 11 is 1.54. The Balaban J connectivity index is 1.40. The minimum absolute atomic E-state index is 0.259. The Labute approximate surface area is 216 Å². The molecule has 11 heteroatoms. The summed E-state index contributed by atoms with van der Waals surface area (Å²) in [6.45, 7) is 4.70. The van der Waals surface area contributed by atoms with E-state index in [0.29, 0.717) is 5.92 Å². The molecule has 1 fully saturated rings. The molecular formula is C25H30FN7OS2. The lowest BCUT2D eigenvalue weighted by molar-refractivity contribution is 0.403. The Morgan fingerprint density at radius 2 is 1.92 bits per heavy atom. The molecule has 0 radical (unpaired) electrons. The predicted molar refractivity (Wildman–Crippen MR) is 145 cm³/mol. The van der Waals surface area contributed by atoms with Crippen LogP contribution in [0.4, 0.5) is 21.2 Å². The van der Waals surface area contributed by atoms with Crippen molar-refractivity contribution in [3.05, 3.63) is 53.3 Å². The molecule has 36 heavy (non-hydrogen) atoms. The average Bonchev–Trinajstić information content (AvgIpc) is 3.52. The van der Waals surface area contributed by atoms with Crippen molar-refractivity contribution >= 4 is 44.7 Å². The molecule has 0 saturated carbocycles. The number of nitrogens with zero attached hydrogens (tertiary/aromatic N) is 6. The molecule has 3 aromatic heterocycles. The minimum Gasteiger partial charge on any atom is -0.355 e. The highest BCUT2D eigenvalue weighted by Gasteiger charge is 2.23. The van der Waals surface area contributed by atoms with Crippen LogP contribution in [0, 0.1) is 11.7 Å². The van der Waals surface area contributed by atoms with Gasteiger partial charge in [0.25, 0.3) is 0 Å². The van der Waals surface area contributed by atoms with E-state index >= 15 is 0 Å². The Bertz CT molecular complexity index is 1360. The van der Waals surface area contributed by atoms with E-state index in [1.54, 1.807) is 18.4 Å². The molecule has 4 aromatic rings. The SMILES string of the molecule is CCc1nc2ccc(N3CCC(CNS(C)=O)CC3)nn2c1N(C)c1nc(-c2ccc(F)cc2)cs1. The summed E-state index contributed by atoms with van der Waals surface area (Å²) in [5, 5.41) is 7.80. The van der Waals surface area contributed by atoms with Gasteiger partial charge < -0.3 is 9.80 Å². The summed E-state index contributed by atoms with van der Waals surface area (Å²) in [6.07, 6.45) is 4.51. The van der Waals surface area contributed by atoms with Gasteiger partial charge in [0.15, 0.2) is 16.6 Å². The van der Waals surface area contributed by atoms with Gasteiger partial charge in [0, 0.05) is 43.9 Å². The van der Waals surface area contributed by atoms with E-state index in [1.807, 2.05) is 34.0 Å². The summed E-state index contributed by atoms with van der Waals surface area (Å²) in [5.41, 5.74) is 3.45. The maximum absolute atomic E-state index is 13.3. The third-order valence-corrected chi connectivity index (χ3v) is 8.08. The van der Waals surface area contributed by atoms with Gasteiger partial charge in [-0.3, -0.25) is 0 Å². The van der Waals surface area contributed by atoms with Gasteiger partial charge in [0.1, 0.15) is 11.6 Å². The van der Waals surface area contributed by atoms with Gasteiger partial charge in [-0.15, -0.1) is 16.4 Å². The van der Waals surface area contributed by atoms with E-state index < -0.39 is 11.0 Å². The molecule has 1 atom stereocenters. The maximum Gasteiger partial charge on any atom is 0.191 e. The first kappa shape index (κ1) is 24.8. The molecule has 0 amide bonds. The van der Waals surface area contributed by atoms with Gasteiger partial charge in [-0.1, -0.05) is 6.92 Å². The predicted octanol–water partition coefficient (Wildman–Crippen LogP) is 4.42. The largest absolute Gasteiger partial charge is 0.355 e. The van der Waals surface area contributed by atoms with Gasteiger partial charge in [0.05, 0.1) is 22.4 Å². The molecule has 1 N–H and O–H groups in total. The number of benzene rings is 1. The molecule has 4 heterocycles. The monoisotopic (exact) mass is 527 g/mol. The first-order valence-electron chi connectivity index (χ1n) is 12.1. The van der Waals surface area contributed by atoms with Crippen LogP contribution in [0.15, 0.2) is 41.8 Å². The lowest BCUT2D eigenvalue weighted by Gasteiger charge is -2.32. The normalized spacial score (nSPS) is 15.5. The van der Waals surface area contributed by atoms with Crippen molar-refractivity contribution in [3.8, 4) is 11.3 Å². The van der Waals surface area contributed by atoms with Crippen LogP contribution in [0.25, 0.3) is 16.9 Å². The maximum atomic E-state index is 13.3. The Kier molecular flexibility index (Phi) is 7.31. The molecule has 8 nitrogen and oxygen atoms in total. The number of aryl methyl sites for hydroxylation is 1. The fraction of sp³-hybridized carbons (Fsp3) is 0.400. The van der Waals surface area contributed by atoms with E-state index in [-0.39, 0.29) is 5.82 Å². The topological polar surface area (TPSA) is 78.7 Å². The van der Waals surface area contributed by atoms with Crippen LogP contribution in [-0.2, 0) is 17.4 Å². The average molecular weight is 528 g/mol. The molecule has 1 aliphatic rings. The van der Waals surface area contributed by atoms with Crippen LogP contribution in [0.2, 0.25) is 0 Å². The van der Waals surface area contributed by atoms with Gasteiger partial charge in [-0.05, 0) is 61.6 Å². The molecule has 0 bridgehead atoms. The fourth-order valence-electron chi connectivity index (χ4n) is 4.56. The summed E-state index contributed by atoms with van der Waals surface area (Å²) < 4.78 is 29.7. The first-order valence-corrected chi connectivity index (χ1v) is 14.5. The van der Waals surface area contributed by atoms with Gasteiger partial charge in [-0.2, -0.15) is 4.52 Å². The van der Waals surface area contributed by atoms with Crippen molar-refractivity contribution in [2.75, 3.05) is 42.7 Å². The zero-order valence-corrected chi connectivity index (χ0v) is 22.3. The Morgan fingerprint density at radius 1 is 1.17 bits per heavy atom. The molecule has 5 rings (SSSR count). The van der Waals surface area contributed by atoms with Crippen LogP contribution < -0.4 is 14.5 Å². The van der Waals surface area contributed by atoms with E-state index in [4.69, 9.17) is 15.1 Å². The smallest absolute Gasteiger partial charge is 0.191 e. The van der Waals surface area contributed by atoms with E-state index in [2.05, 4.69) is 16.5 Å². The van der Waals surface area contributed by atoms with Crippen LogP contribution in [0.3, 0.4) is 0 Å². The second-order valence-corrected chi connectivity index (χ2v) is 11.0.